The molecule has 2 unspecified atom stereocenters. The minimum absolute atomic E-state index is 0.0543. The number of piperidine rings is 1. The van der Waals surface area contributed by atoms with Crippen molar-refractivity contribution >= 4 is 22.5 Å². The summed E-state index contributed by atoms with van der Waals surface area (Å²) in [5.74, 6) is 0.835. The molecule has 2 N–H and O–H groups in total. The van der Waals surface area contributed by atoms with Crippen molar-refractivity contribution in [2.75, 3.05) is 38.1 Å². The van der Waals surface area contributed by atoms with E-state index in [1.54, 1.807) is 11.8 Å². The second-order valence-corrected chi connectivity index (χ2v) is 8.92. The summed E-state index contributed by atoms with van der Waals surface area (Å²) in [4.78, 5) is 15.9. The highest BCUT2D eigenvalue weighted by molar-refractivity contribution is 5.81. The number of aromatic amines is 1. The highest BCUT2D eigenvalue weighted by Crippen LogP contribution is 2.23. The summed E-state index contributed by atoms with van der Waals surface area (Å²) in [5.41, 5.74) is 3.41. The molecule has 8 nitrogen and oxygen atoms in total. The Morgan fingerprint density at radius 2 is 2.18 bits per heavy atom. The first-order valence-electron chi connectivity index (χ1n) is 11.7. The third-order valence-electron chi connectivity index (χ3n) is 6.37. The molecule has 0 saturated carbocycles. The summed E-state index contributed by atoms with van der Waals surface area (Å²) < 4.78 is 11.7. The van der Waals surface area contributed by atoms with Crippen LogP contribution in [0.1, 0.15) is 25.3 Å². The molecule has 8 heteroatoms. The van der Waals surface area contributed by atoms with Crippen LogP contribution in [0, 0.1) is 0 Å². The molecule has 3 heterocycles. The van der Waals surface area contributed by atoms with Crippen molar-refractivity contribution < 1.29 is 14.3 Å². The number of aromatic nitrogens is 2. The zero-order chi connectivity index (χ0) is 22.6. The molecule has 2 saturated heterocycles. The third kappa shape index (κ3) is 5.46. The monoisotopic (exact) mass is 449 g/mol. The number of ether oxygens (including phenoxy) is 2. The fraction of sp³-hybridized carbons (Fsp3) is 0.440. The Balaban J connectivity index is 1.17. The highest BCUT2D eigenvalue weighted by Gasteiger charge is 2.24. The summed E-state index contributed by atoms with van der Waals surface area (Å²) in [5, 5.41) is 11.9. The maximum Gasteiger partial charge on any atom is 0.219 e. The molecular formula is C25H31N5O3. The molecule has 2 aromatic carbocycles. The van der Waals surface area contributed by atoms with Crippen molar-refractivity contribution in [3.05, 3.63) is 54.2 Å². The summed E-state index contributed by atoms with van der Waals surface area (Å²) in [6.45, 7) is 6.12. The molecule has 2 fully saturated rings. The van der Waals surface area contributed by atoms with Gasteiger partial charge in [-0.05, 0) is 55.3 Å². The first-order chi connectivity index (χ1) is 16.1. The predicted octanol–water partition coefficient (Wildman–Crippen LogP) is 3.22. The summed E-state index contributed by atoms with van der Waals surface area (Å²) in [6, 6.07) is 14.9. The third-order valence-corrected chi connectivity index (χ3v) is 6.37. The summed E-state index contributed by atoms with van der Waals surface area (Å²) in [7, 11) is 0. The Morgan fingerprint density at radius 1 is 1.24 bits per heavy atom. The highest BCUT2D eigenvalue weighted by atomic mass is 16.7. The number of rotatable bonds is 6. The molecule has 5 rings (SSSR count). The van der Waals surface area contributed by atoms with Gasteiger partial charge < -0.3 is 19.7 Å². The predicted molar refractivity (Wildman–Crippen MR) is 127 cm³/mol. The van der Waals surface area contributed by atoms with E-state index in [2.05, 4.69) is 50.7 Å². The van der Waals surface area contributed by atoms with Gasteiger partial charge in [0.25, 0.3) is 0 Å². The van der Waals surface area contributed by atoms with Crippen molar-refractivity contribution in [2.45, 2.75) is 38.6 Å². The van der Waals surface area contributed by atoms with E-state index >= 15 is 0 Å². The minimum Gasteiger partial charge on any atom is -0.463 e. The van der Waals surface area contributed by atoms with Crippen LogP contribution in [0.5, 0.6) is 5.75 Å². The number of hydrogen-bond donors (Lipinski definition) is 2. The van der Waals surface area contributed by atoms with E-state index in [0.29, 0.717) is 25.7 Å². The fourth-order valence-corrected chi connectivity index (χ4v) is 4.69. The van der Waals surface area contributed by atoms with Gasteiger partial charge in [-0.1, -0.05) is 12.1 Å². The Bertz CT molecular complexity index is 1100. The second kappa shape index (κ2) is 9.80. The number of likely N-dealkylation sites (tertiary alicyclic amines) is 1. The van der Waals surface area contributed by atoms with Crippen LogP contribution in [0.4, 0.5) is 5.69 Å². The van der Waals surface area contributed by atoms with Gasteiger partial charge in [0.1, 0.15) is 5.75 Å². The van der Waals surface area contributed by atoms with E-state index in [1.807, 2.05) is 18.3 Å². The lowest BCUT2D eigenvalue weighted by Gasteiger charge is -2.34. The first-order valence-corrected chi connectivity index (χ1v) is 11.7. The normalized spacial score (nSPS) is 21.8. The SMILES string of the molecule is CC(=O)N1CCOC(Oc2cccc(CN3CCCC(Nc4ccc5[nH]ncc5c4)C3)c2)C1. The average Bonchev–Trinajstić information content (AvgIpc) is 3.28. The van der Waals surface area contributed by atoms with Crippen LogP contribution < -0.4 is 10.1 Å². The molecule has 3 aromatic rings. The second-order valence-electron chi connectivity index (χ2n) is 8.92. The van der Waals surface area contributed by atoms with Crippen molar-refractivity contribution in [3.8, 4) is 5.75 Å². The maximum absolute atomic E-state index is 11.7. The van der Waals surface area contributed by atoms with Crippen molar-refractivity contribution in [2.24, 2.45) is 0 Å². The van der Waals surface area contributed by atoms with E-state index in [4.69, 9.17) is 9.47 Å². The van der Waals surface area contributed by atoms with Gasteiger partial charge in [0.05, 0.1) is 24.9 Å². The fourth-order valence-electron chi connectivity index (χ4n) is 4.69. The van der Waals surface area contributed by atoms with Crippen LogP contribution in [0.3, 0.4) is 0 Å². The number of nitrogens with zero attached hydrogens (tertiary/aromatic N) is 3. The lowest BCUT2D eigenvalue weighted by molar-refractivity contribution is -0.155. The van der Waals surface area contributed by atoms with Gasteiger partial charge >= 0.3 is 0 Å². The average molecular weight is 450 g/mol. The largest absolute Gasteiger partial charge is 0.463 e. The van der Waals surface area contributed by atoms with Crippen molar-refractivity contribution in [1.29, 1.82) is 0 Å². The molecule has 33 heavy (non-hydrogen) atoms. The molecule has 2 aliphatic rings. The molecule has 1 aromatic heterocycles. The number of carbonyl (C=O) groups excluding carboxylic acids is 1. The summed E-state index contributed by atoms with van der Waals surface area (Å²) in [6.07, 6.45) is 3.76. The van der Waals surface area contributed by atoms with Gasteiger partial charge in [-0.3, -0.25) is 14.8 Å². The van der Waals surface area contributed by atoms with E-state index in [1.165, 1.54) is 12.0 Å². The van der Waals surface area contributed by atoms with E-state index < -0.39 is 6.29 Å². The number of H-pyrrole nitrogens is 1. The molecule has 0 radical (unpaired) electrons. The van der Waals surface area contributed by atoms with Crippen LogP contribution in [0.25, 0.3) is 10.9 Å². The topological polar surface area (TPSA) is 82.7 Å². The Hall–Kier alpha value is -3.10. The maximum atomic E-state index is 11.7. The number of benzene rings is 2. The van der Waals surface area contributed by atoms with Gasteiger partial charge in [0.2, 0.25) is 12.2 Å². The van der Waals surface area contributed by atoms with Gasteiger partial charge in [-0.25, -0.2) is 0 Å². The standard InChI is InChI=1S/C25H31N5O3/c1-18(31)30-10-11-32-25(17-30)33-23-6-2-4-19(12-23)15-29-9-3-5-22(16-29)27-21-7-8-24-20(13-21)14-26-28-24/h2,4,6-8,12-14,22,25,27H,3,5,9-11,15-17H2,1H3,(H,26,28). The lowest BCUT2D eigenvalue weighted by Crippen LogP contribution is -2.46. The van der Waals surface area contributed by atoms with Crippen molar-refractivity contribution in [1.82, 2.24) is 20.0 Å². The Morgan fingerprint density at radius 3 is 3.09 bits per heavy atom. The number of nitrogens with one attached hydrogen (secondary N) is 2. The van der Waals surface area contributed by atoms with Gasteiger partial charge in [-0.15, -0.1) is 0 Å². The zero-order valence-electron chi connectivity index (χ0n) is 19.0. The molecule has 0 spiro atoms. The molecule has 2 aliphatic heterocycles. The number of amides is 1. The molecule has 0 aliphatic carbocycles. The summed E-state index contributed by atoms with van der Waals surface area (Å²) >= 11 is 0. The first kappa shape index (κ1) is 21.7. The van der Waals surface area contributed by atoms with Crippen LogP contribution in [-0.2, 0) is 16.1 Å². The minimum atomic E-state index is -0.422. The van der Waals surface area contributed by atoms with Crippen molar-refractivity contribution in [3.63, 3.8) is 0 Å². The number of carbonyl (C=O) groups is 1. The molecule has 1 amide bonds. The lowest BCUT2D eigenvalue weighted by atomic mass is 10.0. The number of morpholine rings is 1. The van der Waals surface area contributed by atoms with Crippen LogP contribution >= 0.6 is 0 Å². The molecule has 0 bridgehead atoms. The van der Waals surface area contributed by atoms with Gasteiger partial charge in [0, 0.05) is 43.7 Å². The van der Waals surface area contributed by atoms with Gasteiger partial charge in [-0.2, -0.15) is 5.10 Å². The Labute approximate surface area is 193 Å². The van der Waals surface area contributed by atoms with Crippen LogP contribution in [0.15, 0.2) is 48.7 Å². The zero-order valence-corrected chi connectivity index (χ0v) is 19.0. The number of anilines is 1. The Kier molecular flexibility index (Phi) is 6.46. The van der Waals surface area contributed by atoms with Crippen LogP contribution in [0.2, 0.25) is 0 Å². The van der Waals surface area contributed by atoms with E-state index in [-0.39, 0.29) is 5.91 Å². The van der Waals surface area contributed by atoms with E-state index in [0.717, 1.165) is 48.4 Å². The van der Waals surface area contributed by atoms with Gasteiger partial charge in [0.15, 0.2) is 0 Å². The van der Waals surface area contributed by atoms with Crippen LogP contribution in [-0.4, -0.2) is 71.0 Å². The number of hydrogen-bond acceptors (Lipinski definition) is 6. The molecule has 2 atom stereocenters. The van der Waals surface area contributed by atoms with E-state index in [9.17, 15) is 4.79 Å². The quantitative estimate of drug-likeness (QED) is 0.601. The number of fused-ring (bicyclic) bond motifs is 1. The molecule has 174 valence electrons. The molecular weight excluding hydrogens is 418 g/mol. The smallest absolute Gasteiger partial charge is 0.219 e.